The van der Waals surface area contributed by atoms with E-state index in [4.69, 9.17) is 0 Å². The van der Waals surface area contributed by atoms with Crippen molar-refractivity contribution in [2.45, 2.75) is 44.9 Å². The van der Waals surface area contributed by atoms with Gasteiger partial charge in [0.05, 0.1) is 11.1 Å². The maximum absolute atomic E-state index is 12.5. The van der Waals surface area contributed by atoms with Gasteiger partial charge in [-0.2, -0.15) is 0 Å². The fourth-order valence-electron chi connectivity index (χ4n) is 4.66. The fourth-order valence-corrected chi connectivity index (χ4v) is 4.66. The maximum atomic E-state index is 12.5. The summed E-state index contributed by atoms with van der Waals surface area (Å²) in [6.07, 6.45) is 6.15. The standard InChI is InChI=1S/C26H30N2O3/c29-24(27-17-14-21(15-18-27)19-20-9-3-1-4-10-20)13-5-2-8-16-28-25(30)22-11-6-7-12-23(22)26(28)31/h1,3-4,6-7,9-12,21H,2,5,8,13-19H2. The number of carbonyl (C=O) groups is 3. The van der Waals surface area contributed by atoms with E-state index in [1.54, 1.807) is 24.3 Å². The molecule has 5 nitrogen and oxygen atoms in total. The van der Waals surface area contributed by atoms with Crippen molar-refractivity contribution < 1.29 is 14.4 Å². The highest BCUT2D eigenvalue weighted by Gasteiger charge is 2.34. The van der Waals surface area contributed by atoms with Gasteiger partial charge in [0.25, 0.3) is 11.8 Å². The molecule has 0 bridgehead atoms. The Labute approximate surface area is 184 Å². The molecule has 0 atom stereocenters. The number of rotatable bonds is 8. The van der Waals surface area contributed by atoms with Crippen molar-refractivity contribution in [3.63, 3.8) is 0 Å². The van der Waals surface area contributed by atoms with Crippen molar-refractivity contribution in [2.24, 2.45) is 5.92 Å². The Morgan fingerprint density at radius 3 is 2.06 bits per heavy atom. The van der Waals surface area contributed by atoms with E-state index >= 15 is 0 Å². The van der Waals surface area contributed by atoms with E-state index in [1.807, 2.05) is 11.0 Å². The summed E-state index contributed by atoms with van der Waals surface area (Å²) in [6, 6.07) is 17.6. The Kier molecular flexibility index (Phi) is 6.80. The average molecular weight is 419 g/mol. The van der Waals surface area contributed by atoms with Crippen LogP contribution in [0.5, 0.6) is 0 Å². The lowest BCUT2D eigenvalue weighted by molar-refractivity contribution is -0.132. The summed E-state index contributed by atoms with van der Waals surface area (Å²) < 4.78 is 0. The topological polar surface area (TPSA) is 57.7 Å². The van der Waals surface area contributed by atoms with Crippen LogP contribution in [0, 0.1) is 5.92 Å². The number of unbranched alkanes of at least 4 members (excludes halogenated alkanes) is 2. The number of carbonyl (C=O) groups excluding carboxylic acids is 3. The highest BCUT2D eigenvalue weighted by molar-refractivity contribution is 6.21. The van der Waals surface area contributed by atoms with Crippen LogP contribution in [-0.2, 0) is 11.2 Å². The largest absolute Gasteiger partial charge is 0.343 e. The number of hydrogen-bond donors (Lipinski definition) is 0. The molecule has 0 radical (unpaired) electrons. The SMILES string of the molecule is O=C(CCCCCN1C(=O)c2ccccc2C1=O)N1CCC(Cc2ccccc2)CC1. The molecule has 31 heavy (non-hydrogen) atoms. The zero-order valence-electron chi connectivity index (χ0n) is 18.0. The first-order valence-corrected chi connectivity index (χ1v) is 11.4. The second-order valence-electron chi connectivity index (χ2n) is 8.63. The van der Waals surface area contributed by atoms with Crippen LogP contribution in [0.1, 0.15) is 64.8 Å². The Hall–Kier alpha value is -2.95. The van der Waals surface area contributed by atoms with Gasteiger partial charge in [-0.05, 0) is 55.7 Å². The Balaban J connectivity index is 1.13. The van der Waals surface area contributed by atoms with Gasteiger partial charge in [-0.15, -0.1) is 0 Å². The van der Waals surface area contributed by atoms with Crippen LogP contribution in [0.3, 0.4) is 0 Å². The van der Waals surface area contributed by atoms with E-state index in [0.29, 0.717) is 30.0 Å². The molecule has 0 saturated carbocycles. The van der Waals surface area contributed by atoms with Crippen molar-refractivity contribution in [1.82, 2.24) is 9.80 Å². The lowest BCUT2D eigenvalue weighted by Gasteiger charge is -2.32. The van der Waals surface area contributed by atoms with Crippen LogP contribution in [0.4, 0.5) is 0 Å². The number of imide groups is 1. The van der Waals surface area contributed by atoms with Gasteiger partial charge in [0.15, 0.2) is 0 Å². The number of likely N-dealkylation sites (tertiary alicyclic amines) is 1. The highest BCUT2D eigenvalue weighted by Crippen LogP contribution is 2.24. The molecule has 2 aromatic rings. The number of piperidine rings is 1. The molecule has 3 amide bonds. The van der Waals surface area contributed by atoms with E-state index in [1.165, 1.54) is 10.5 Å². The van der Waals surface area contributed by atoms with Crippen molar-refractivity contribution in [1.29, 1.82) is 0 Å². The number of fused-ring (bicyclic) bond motifs is 1. The summed E-state index contributed by atoms with van der Waals surface area (Å²) in [4.78, 5) is 40.6. The Morgan fingerprint density at radius 1 is 0.806 bits per heavy atom. The van der Waals surface area contributed by atoms with Crippen molar-refractivity contribution in [2.75, 3.05) is 19.6 Å². The number of benzene rings is 2. The third-order valence-electron chi connectivity index (χ3n) is 6.48. The fraction of sp³-hybridized carbons (Fsp3) is 0.423. The smallest absolute Gasteiger partial charge is 0.261 e. The molecule has 2 aliphatic rings. The molecule has 0 aliphatic carbocycles. The van der Waals surface area contributed by atoms with Gasteiger partial charge in [-0.3, -0.25) is 19.3 Å². The van der Waals surface area contributed by atoms with Gasteiger partial charge in [0, 0.05) is 26.1 Å². The first kappa shape index (κ1) is 21.3. The molecule has 4 rings (SSSR count). The summed E-state index contributed by atoms with van der Waals surface area (Å²) in [7, 11) is 0. The maximum Gasteiger partial charge on any atom is 0.261 e. The Morgan fingerprint density at radius 2 is 1.42 bits per heavy atom. The van der Waals surface area contributed by atoms with Crippen LogP contribution >= 0.6 is 0 Å². The summed E-state index contributed by atoms with van der Waals surface area (Å²) >= 11 is 0. The van der Waals surface area contributed by atoms with Gasteiger partial charge >= 0.3 is 0 Å². The minimum Gasteiger partial charge on any atom is -0.343 e. The van der Waals surface area contributed by atoms with Crippen molar-refractivity contribution in [3.05, 3.63) is 71.3 Å². The minimum absolute atomic E-state index is 0.199. The predicted octanol–water partition coefficient (Wildman–Crippen LogP) is 4.32. The predicted molar refractivity (Wildman–Crippen MR) is 120 cm³/mol. The molecule has 162 valence electrons. The zero-order chi connectivity index (χ0) is 21.6. The second kappa shape index (κ2) is 9.90. The second-order valence-corrected chi connectivity index (χ2v) is 8.63. The van der Waals surface area contributed by atoms with E-state index in [-0.39, 0.29) is 17.7 Å². The molecule has 2 heterocycles. The molecule has 0 spiro atoms. The number of amides is 3. The van der Waals surface area contributed by atoms with Crippen LogP contribution in [0.25, 0.3) is 0 Å². The minimum atomic E-state index is -0.199. The van der Waals surface area contributed by atoms with Crippen LogP contribution < -0.4 is 0 Å². The molecule has 1 saturated heterocycles. The first-order chi connectivity index (χ1) is 15.1. The van der Waals surface area contributed by atoms with Crippen LogP contribution in [0.15, 0.2) is 54.6 Å². The van der Waals surface area contributed by atoms with E-state index in [9.17, 15) is 14.4 Å². The number of nitrogens with zero attached hydrogens (tertiary/aromatic N) is 2. The third kappa shape index (κ3) is 5.04. The van der Waals surface area contributed by atoms with Gasteiger partial charge in [-0.1, -0.05) is 48.9 Å². The van der Waals surface area contributed by atoms with Crippen molar-refractivity contribution >= 4 is 17.7 Å². The molecule has 1 fully saturated rings. The van der Waals surface area contributed by atoms with E-state index in [2.05, 4.69) is 24.3 Å². The third-order valence-corrected chi connectivity index (χ3v) is 6.48. The average Bonchev–Trinajstić information content (AvgIpc) is 3.05. The van der Waals surface area contributed by atoms with Crippen LogP contribution in [-0.4, -0.2) is 47.2 Å². The highest BCUT2D eigenvalue weighted by atomic mass is 16.2. The zero-order valence-corrected chi connectivity index (χ0v) is 18.0. The lowest BCUT2D eigenvalue weighted by Crippen LogP contribution is -2.38. The summed E-state index contributed by atoms with van der Waals surface area (Å²) in [5, 5.41) is 0. The molecule has 2 aromatic carbocycles. The van der Waals surface area contributed by atoms with Gasteiger partial charge in [0.1, 0.15) is 0 Å². The molecule has 0 N–H and O–H groups in total. The molecule has 5 heteroatoms. The molecule has 0 unspecified atom stereocenters. The molecule has 2 aliphatic heterocycles. The number of hydrogen-bond acceptors (Lipinski definition) is 3. The van der Waals surface area contributed by atoms with Gasteiger partial charge in [-0.25, -0.2) is 0 Å². The summed E-state index contributed by atoms with van der Waals surface area (Å²) in [5.41, 5.74) is 2.38. The Bertz CT molecular complexity index is 898. The monoisotopic (exact) mass is 418 g/mol. The molecule has 0 aromatic heterocycles. The van der Waals surface area contributed by atoms with E-state index < -0.39 is 0 Å². The first-order valence-electron chi connectivity index (χ1n) is 11.4. The van der Waals surface area contributed by atoms with E-state index in [0.717, 1.165) is 51.6 Å². The summed E-state index contributed by atoms with van der Waals surface area (Å²) in [6.45, 7) is 2.13. The van der Waals surface area contributed by atoms with Gasteiger partial charge in [0.2, 0.25) is 5.91 Å². The van der Waals surface area contributed by atoms with Crippen LogP contribution in [0.2, 0.25) is 0 Å². The lowest BCUT2D eigenvalue weighted by atomic mass is 9.90. The summed E-state index contributed by atoms with van der Waals surface area (Å²) in [5.74, 6) is 0.495. The molecular weight excluding hydrogens is 388 g/mol. The normalized spacial score (nSPS) is 16.6. The quantitative estimate of drug-likeness (QED) is 0.474. The molecular formula is C26H30N2O3. The van der Waals surface area contributed by atoms with Crippen molar-refractivity contribution in [3.8, 4) is 0 Å². The van der Waals surface area contributed by atoms with Gasteiger partial charge < -0.3 is 4.90 Å².